The lowest BCUT2D eigenvalue weighted by Gasteiger charge is -2.12. The number of nitrogens with zero attached hydrogens (tertiary/aromatic N) is 4. The number of aromatic nitrogens is 3. The highest BCUT2D eigenvalue weighted by Crippen LogP contribution is 2.06. The second-order valence-electron chi connectivity index (χ2n) is 6.25. The molecule has 8 nitrogen and oxygen atoms in total. The molecule has 0 aliphatic rings. The highest BCUT2D eigenvalue weighted by molar-refractivity contribution is 5.79. The Kier molecular flexibility index (Phi) is 7.63. The number of furan rings is 1. The minimum absolute atomic E-state index is 0.505. The van der Waals surface area contributed by atoms with Crippen LogP contribution in [0.3, 0.4) is 0 Å². The van der Waals surface area contributed by atoms with Crippen molar-refractivity contribution < 1.29 is 9.15 Å². The van der Waals surface area contributed by atoms with Gasteiger partial charge in [-0.05, 0) is 29.7 Å². The van der Waals surface area contributed by atoms with Crippen molar-refractivity contribution in [1.82, 2.24) is 25.4 Å². The number of hydrogen-bond acceptors (Lipinski definition) is 5. The van der Waals surface area contributed by atoms with E-state index in [-0.39, 0.29) is 0 Å². The van der Waals surface area contributed by atoms with E-state index >= 15 is 0 Å². The molecule has 3 aromatic rings. The quantitative estimate of drug-likeness (QED) is 0.317. The molecule has 0 bridgehead atoms. The topological polar surface area (TPSA) is 89.5 Å². The summed E-state index contributed by atoms with van der Waals surface area (Å²) in [5.41, 5.74) is 2.36. The zero-order chi connectivity index (χ0) is 19.4. The Bertz CT molecular complexity index is 830. The Hall–Kier alpha value is -3.13. The average Bonchev–Trinajstić information content (AvgIpc) is 3.41. The van der Waals surface area contributed by atoms with Gasteiger partial charge < -0.3 is 19.8 Å². The van der Waals surface area contributed by atoms with Gasteiger partial charge in [0.15, 0.2) is 5.96 Å². The van der Waals surface area contributed by atoms with Crippen molar-refractivity contribution in [2.45, 2.75) is 26.1 Å². The number of ether oxygens (including phenoxy) is 1. The molecule has 2 N–H and O–H groups in total. The highest BCUT2D eigenvalue weighted by Gasteiger charge is 2.01. The normalized spacial score (nSPS) is 11.5. The Balaban J connectivity index is 1.34. The molecule has 0 aliphatic carbocycles. The number of benzene rings is 1. The molecule has 0 aliphatic heterocycles. The third-order valence-electron chi connectivity index (χ3n) is 4.07. The molecule has 0 fully saturated rings. The number of aliphatic imine (C=N–C) groups is 1. The van der Waals surface area contributed by atoms with Crippen LogP contribution in [-0.2, 0) is 24.4 Å². The zero-order valence-corrected chi connectivity index (χ0v) is 16.0. The van der Waals surface area contributed by atoms with E-state index in [1.54, 1.807) is 30.6 Å². The summed E-state index contributed by atoms with van der Waals surface area (Å²) in [7, 11) is 1.77. The van der Waals surface area contributed by atoms with E-state index in [2.05, 4.69) is 50.0 Å². The zero-order valence-electron chi connectivity index (χ0n) is 16.0. The van der Waals surface area contributed by atoms with Crippen LogP contribution >= 0.6 is 0 Å². The van der Waals surface area contributed by atoms with Gasteiger partial charge in [0.1, 0.15) is 25.0 Å². The maximum absolute atomic E-state index is 5.57. The summed E-state index contributed by atoms with van der Waals surface area (Å²) < 4.78 is 12.6. The number of hydrogen-bond donors (Lipinski definition) is 2. The average molecular weight is 382 g/mol. The van der Waals surface area contributed by atoms with E-state index in [0.29, 0.717) is 26.3 Å². The molecule has 1 aromatic carbocycles. The third-order valence-corrected chi connectivity index (χ3v) is 4.07. The lowest BCUT2D eigenvalue weighted by atomic mass is 10.1. The second-order valence-corrected chi connectivity index (χ2v) is 6.25. The van der Waals surface area contributed by atoms with Crippen LogP contribution in [0.25, 0.3) is 0 Å². The van der Waals surface area contributed by atoms with Crippen LogP contribution in [0.15, 0.2) is 64.7 Å². The monoisotopic (exact) mass is 382 g/mol. The molecular weight excluding hydrogens is 356 g/mol. The van der Waals surface area contributed by atoms with E-state index in [4.69, 9.17) is 9.15 Å². The molecule has 8 heteroatoms. The van der Waals surface area contributed by atoms with Crippen LogP contribution in [0.4, 0.5) is 0 Å². The van der Waals surface area contributed by atoms with Gasteiger partial charge in [-0.2, -0.15) is 5.10 Å². The van der Waals surface area contributed by atoms with Crippen molar-refractivity contribution in [3.05, 3.63) is 72.2 Å². The van der Waals surface area contributed by atoms with Gasteiger partial charge in [-0.25, -0.2) is 9.67 Å². The number of nitrogens with one attached hydrogen (secondary N) is 2. The second kappa shape index (κ2) is 10.9. The van der Waals surface area contributed by atoms with Crippen LogP contribution in [0.2, 0.25) is 0 Å². The fourth-order valence-electron chi connectivity index (χ4n) is 2.69. The molecule has 3 rings (SSSR count). The van der Waals surface area contributed by atoms with Crippen molar-refractivity contribution in [2.24, 2.45) is 4.99 Å². The molecule has 0 saturated heterocycles. The van der Waals surface area contributed by atoms with Gasteiger partial charge >= 0.3 is 0 Å². The van der Waals surface area contributed by atoms with Crippen LogP contribution in [0, 0.1) is 0 Å². The van der Waals surface area contributed by atoms with Gasteiger partial charge in [-0.1, -0.05) is 24.3 Å². The first-order chi connectivity index (χ1) is 13.8. The van der Waals surface area contributed by atoms with Crippen molar-refractivity contribution >= 4 is 5.96 Å². The Morgan fingerprint density at radius 1 is 1.21 bits per heavy atom. The van der Waals surface area contributed by atoms with E-state index < -0.39 is 0 Å². The SMILES string of the molecule is CN=C(NCCCOCc1ccco1)NCc1cccc(Cn2cncn2)c1. The molecule has 0 amide bonds. The van der Waals surface area contributed by atoms with Crippen molar-refractivity contribution in [3.8, 4) is 0 Å². The number of rotatable bonds is 10. The lowest BCUT2D eigenvalue weighted by Crippen LogP contribution is -2.37. The Labute approximate surface area is 164 Å². The van der Waals surface area contributed by atoms with Crippen molar-refractivity contribution in [3.63, 3.8) is 0 Å². The minimum atomic E-state index is 0.505. The number of guanidine groups is 1. The van der Waals surface area contributed by atoms with Crippen LogP contribution in [0.1, 0.15) is 23.3 Å². The molecular formula is C20H26N6O2. The smallest absolute Gasteiger partial charge is 0.191 e. The summed E-state index contributed by atoms with van der Waals surface area (Å²) in [6, 6.07) is 12.2. The lowest BCUT2D eigenvalue weighted by molar-refractivity contribution is 0.105. The summed E-state index contributed by atoms with van der Waals surface area (Å²) >= 11 is 0. The largest absolute Gasteiger partial charge is 0.467 e. The molecule has 2 aromatic heterocycles. The van der Waals surface area contributed by atoms with Crippen molar-refractivity contribution in [2.75, 3.05) is 20.2 Å². The first kappa shape index (κ1) is 19.6. The fourth-order valence-corrected chi connectivity index (χ4v) is 2.69. The van der Waals surface area contributed by atoms with E-state index in [1.165, 1.54) is 11.1 Å². The van der Waals surface area contributed by atoms with E-state index in [0.717, 1.165) is 24.7 Å². The summed E-state index contributed by atoms with van der Waals surface area (Å²) in [5.74, 6) is 1.61. The summed E-state index contributed by atoms with van der Waals surface area (Å²) in [5, 5.41) is 10.8. The Morgan fingerprint density at radius 2 is 2.14 bits per heavy atom. The van der Waals surface area contributed by atoms with E-state index in [1.807, 2.05) is 12.1 Å². The maximum Gasteiger partial charge on any atom is 0.191 e. The van der Waals surface area contributed by atoms with Gasteiger partial charge in [0.2, 0.25) is 0 Å². The summed E-state index contributed by atoms with van der Waals surface area (Å²) in [4.78, 5) is 8.23. The maximum atomic E-state index is 5.57. The summed E-state index contributed by atoms with van der Waals surface area (Å²) in [6.45, 7) is 3.35. The minimum Gasteiger partial charge on any atom is -0.467 e. The molecule has 0 unspecified atom stereocenters. The first-order valence-corrected chi connectivity index (χ1v) is 9.28. The van der Waals surface area contributed by atoms with Gasteiger partial charge in [-0.3, -0.25) is 4.99 Å². The van der Waals surface area contributed by atoms with Gasteiger partial charge in [0.05, 0.1) is 12.8 Å². The standard InChI is InChI=1S/C20H26N6O2/c1-21-20(23-8-4-9-27-14-19-7-3-10-28-19)24-12-17-5-2-6-18(11-17)13-26-16-22-15-25-26/h2-3,5-7,10-11,15-16H,4,8-9,12-14H2,1H3,(H2,21,23,24). The molecule has 0 radical (unpaired) electrons. The van der Waals surface area contributed by atoms with Crippen LogP contribution < -0.4 is 10.6 Å². The Morgan fingerprint density at radius 3 is 2.93 bits per heavy atom. The predicted octanol–water partition coefficient (Wildman–Crippen LogP) is 2.19. The van der Waals surface area contributed by atoms with E-state index in [9.17, 15) is 0 Å². The van der Waals surface area contributed by atoms with Crippen LogP contribution in [-0.4, -0.2) is 40.9 Å². The summed E-state index contributed by atoms with van der Waals surface area (Å²) in [6.07, 6.45) is 5.80. The highest BCUT2D eigenvalue weighted by atomic mass is 16.5. The first-order valence-electron chi connectivity index (χ1n) is 9.28. The van der Waals surface area contributed by atoms with Crippen LogP contribution in [0.5, 0.6) is 0 Å². The van der Waals surface area contributed by atoms with Crippen molar-refractivity contribution in [1.29, 1.82) is 0 Å². The van der Waals surface area contributed by atoms with Gasteiger partial charge in [0.25, 0.3) is 0 Å². The molecule has 0 saturated carbocycles. The molecule has 0 spiro atoms. The third kappa shape index (κ3) is 6.55. The molecule has 0 atom stereocenters. The van der Waals surface area contributed by atoms with Gasteiger partial charge in [0, 0.05) is 26.7 Å². The molecule has 148 valence electrons. The predicted molar refractivity (Wildman–Crippen MR) is 107 cm³/mol. The fraction of sp³-hybridized carbons (Fsp3) is 0.350. The molecule has 2 heterocycles. The van der Waals surface area contributed by atoms with Gasteiger partial charge in [-0.15, -0.1) is 0 Å². The molecule has 28 heavy (non-hydrogen) atoms.